The molecule has 3 nitrogen and oxygen atoms in total. The van der Waals surface area contributed by atoms with Crippen LogP contribution < -0.4 is 5.32 Å². The minimum Gasteiger partial charge on any atom is -0.447 e. The van der Waals surface area contributed by atoms with Gasteiger partial charge in [0.1, 0.15) is 6.61 Å². The number of amides is 1. The van der Waals surface area contributed by atoms with Gasteiger partial charge in [0.2, 0.25) is 0 Å². The van der Waals surface area contributed by atoms with E-state index in [0.717, 1.165) is 10.0 Å². The van der Waals surface area contributed by atoms with E-state index in [0.29, 0.717) is 11.6 Å². The van der Waals surface area contributed by atoms with Gasteiger partial charge in [-0.2, -0.15) is 0 Å². The number of hydrogen-bond acceptors (Lipinski definition) is 2. The predicted molar refractivity (Wildman–Crippen MR) is 63.6 cm³/mol. The van der Waals surface area contributed by atoms with Gasteiger partial charge in [-0.1, -0.05) is 17.7 Å². The topological polar surface area (TPSA) is 38.3 Å². The van der Waals surface area contributed by atoms with E-state index in [2.05, 4.69) is 21.2 Å². The molecule has 0 radical (unpaired) electrons. The highest BCUT2D eigenvalue weighted by Gasteiger charge is 2.23. The molecule has 1 atom stereocenters. The van der Waals surface area contributed by atoms with Crippen LogP contribution in [0.25, 0.3) is 0 Å². The summed E-state index contributed by atoms with van der Waals surface area (Å²) in [7, 11) is 0. The molecule has 15 heavy (non-hydrogen) atoms. The van der Waals surface area contributed by atoms with Crippen molar-refractivity contribution in [2.45, 2.75) is 6.04 Å². The Labute approximate surface area is 107 Å². The first-order valence-electron chi connectivity index (χ1n) is 4.05. The van der Waals surface area contributed by atoms with E-state index in [1.807, 2.05) is 12.1 Å². The van der Waals surface area contributed by atoms with Gasteiger partial charge in [-0.05, 0) is 33.6 Å². The van der Waals surface area contributed by atoms with Crippen LogP contribution >= 0.6 is 39.9 Å². The zero-order valence-corrected chi connectivity index (χ0v) is 10.7. The fourth-order valence-corrected chi connectivity index (χ4v) is 1.81. The molecule has 1 amide bonds. The van der Waals surface area contributed by atoms with E-state index in [-0.39, 0.29) is 24.5 Å². The molecule has 1 aromatic rings. The number of alkyl carbamates (subject to hydrolysis) is 1. The van der Waals surface area contributed by atoms with Crippen molar-refractivity contribution in [2.75, 3.05) is 6.61 Å². The minimum atomic E-state index is -0.374. The number of ether oxygens (including phenoxy) is 1. The summed E-state index contributed by atoms with van der Waals surface area (Å²) < 4.78 is 5.61. The zero-order valence-electron chi connectivity index (χ0n) is 7.50. The predicted octanol–water partition coefficient (Wildman–Crippen LogP) is 3.31. The summed E-state index contributed by atoms with van der Waals surface area (Å²) in [6.45, 7) is 0.368. The average Bonchev–Trinajstić information content (AvgIpc) is 2.57. The number of rotatable bonds is 1. The maximum Gasteiger partial charge on any atom is 0.407 e. The van der Waals surface area contributed by atoms with Crippen LogP contribution in [-0.4, -0.2) is 12.7 Å². The summed E-state index contributed by atoms with van der Waals surface area (Å²) in [6, 6.07) is 5.45. The lowest BCUT2D eigenvalue weighted by molar-refractivity contribution is 0.177. The van der Waals surface area contributed by atoms with E-state index in [1.165, 1.54) is 0 Å². The molecule has 1 aliphatic heterocycles. The normalized spacial score (nSPS) is 19.1. The first kappa shape index (κ1) is 12.6. The Bertz CT molecular complexity index is 386. The lowest BCUT2D eigenvalue weighted by Gasteiger charge is -2.08. The standard InChI is InChI=1S/C9H7BrClNO2.ClH/c10-6-3-5(1-2-7(6)11)8-4-14-9(13)12-8;/h1-3,8H,4H2,(H,12,13);1H/t8-;/m0./s1. The first-order valence-corrected chi connectivity index (χ1v) is 5.22. The number of carbonyl (C=O) groups excluding carboxylic acids is 1. The van der Waals surface area contributed by atoms with Crippen LogP contribution in [0.4, 0.5) is 4.79 Å². The Morgan fingerprint density at radius 2 is 2.27 bits per heavy atom. The largest absolute Gasteiger partial charge is 0.447 e. The van der Waals surface area contributed by atoms with Gasteiger partial charge in [0.05, 0.1) is 11.1 Å². The van der Waals surface area contributed by atoms with Crippen LogP contribution in [0.1, 0.15) is 11.6 Å². The molecule has 0 aromatic heterocycles. The molecule has 6 heteroatoms. The van der Waals surface area contributed by atoms with Crippen molar-refractivity contribution in [1.82, 2.24) is 5.32 Å². The highest BCUT2D eigenvalue weighted by molar-refractivity contribution is 9.10. The molecule has 0 saturated carbocycles. The summed E-state index contributed by atoms with van der Waals surface area (Å²) in [4.78, 5) is 10.8. The number of nitrogens with one attached hydrogen (secondary N) is 1. The van der Waals surface area contributed by atoms with Gasteiger partial charge in [0, 0.05) is 4.47 Å². The summed E-state index contributed by atoms with van der Waals surface area (Å²) in [6.07, 6.45) is -0.374. The van der Waals surface area contributed by atoms with Crippen LogP contribution in [0.5, 0.6) is 0 Å². The molecule has 0 bridgehead atoms. The van der Waals surface area contributed by atoms with Crippen molar-refractivity contribution in [3.05, 3.63) is 33.3 Å². The van der Waals surface area contributed by atoms with Crippen molar-refractivity contribution in [1.29, 1.82) is 0 Å². The molecule has 0 aliphatic carbocycles. The third kappa shape index (κ3) is 2.77. The van der Waals surface area contributed by atoms with Crippen LogP contribution in [0.3, 0.4) is 0 Å². The molecular formula is C9H8BrCl2NO2. The number of carbonyl (C=O) groups is 1. The van der Waals surface area contributed by atoms with Crippen molar-refractivity contribution in [3.8, 4) is 0 Å². The average molecular weight is 313 g/mol. The van der Waals surface area contributed by atoms with E-state index in [9.17, 15) is 4.79 Å². The second-order valence-corrected chi connectivity index (χ2v) is 4.23. The van der Waals surface area contributed by atoms with E-state index < -0.39 is 0 Å². The van der Waals surface area contributed by atoms with Gasteiger partial charge < -0.3 is 10.1 Å². The zero-order chi connectivity index (χ0) is 10.1. The smallest absolute Gasteiger partial charge is 0.407 e. The molecule has 0 unspecified atom stereocenters. The minimum absolute atomic E-state index is 0. The van der Waals surface area contributed by atoms with Crippen LogP contribution in [0, 0.1) is 0 Å². The quantitative estimate of drug-likeness (QED) is 0.864. The van der Waals surface area contributed by atoms with Crippen LogP contribution in [0.2, 0.25) is 5.02 Å². The maximum absolute atomic E-state index is 10.8. The van der Waals surface area contributed by atoms with Crippen molar-refractivity contribution in [3.63, 3.8) is 0 Å². The lowest BCUT2D eigenvalue weighted by atomic mass is 10.1. The van der Waals surface area contributed by atoms with Crippen LogP contribution in [-0.2, 0) is 4.74 Å². The Morgan fingerprint density at radius 3 is 2.80 bits per heavy atom. The number of hydrogen-bond donors (Lipinski definition) is 1. The van der Waals surface area contributed by atoms with Gasteiger partial charge in [-0.3, -0.25) is 0 Å². The Balaban J connectivity index is 0.00000112. The third-order valence-corrected chi connectivity index (χ3v) is 3.23. The Morgan fingerprint density at radius 1 is 1.53 bits per heavy atom. The van der Waals surface area contributed by atoms with E-state index >= 15 is 0 Å². The van der Waals surface area contributed by atoms with E-state index in [4.69, 9.17) is 16.3 Å². The third-order valence-electron chi connectivity index (χ3n) is 2.02. The molecule has 1 aliphatic rings. The summed E-state index contributed by atoms with van der Waals surface area (Å²) in [5.41, 5.74) is 0.979. The highest BCUT2D eigenvalue weighted by Crippen LogP contribution is 2.27. The van der Waals surface area contributed by atoms with Gasteiger partial charge >= 0.3 is 6.09 Å². The molecule has 1 heterocycles. The highest BCUT2D eigenvalue weighted by atomic mass is 79.9. The SMILES string of the molecule is Cl.O=C1N[C@H](c2ccc(Cl)c(Br)c2)CO1. The van der Waals surface area contributed by atoms with Crippen molar-refractivity contribution >= 4 is 46.0 Å². The molecular weight excluding hydrogens is 305 g/mol. The lowest BCUT2D eigenvalue weighted by Crippen LogP contribution is -2.18. The van der Waals surface area contributed by atoms with Gasteiger partial charge in [-0.25, -0.2) is 4.79 Å². The summed E-state index contributed by atoms with van der Waals surface area (Å²) >= 11 is 9.17. The molecule has 1 aromatic carbocycles. The second kappa shape index (κ2) is 5.05. The van der Waals surface area contributed by atoms with Gasteiger partial charge in [-0.15, -0.1) is 12.4 Å². The Kier molecular flexibility index (Phi) is 4.25. The molecule has 0 spiro atoms. The maximum atomic E-state index is 10.8. The summed E-state index contributed by atoms with van der Waals surface area (Å²) in [5, 5.41) is 3.34. The van der Waals surface area contributed by atoms with Gasteiger partial charge in [0.15, 0.2) is 0 Å². The molecule has 1 N–H and O–H groups in total. The Hall–Kier alpha value is -0.450. The van der Waals surface area contributed by atoms with Crippen molar-refractivity contribution in [2.24, 2.45) is 0 Å². The first-order chi connectivity index (χ1) is 6.66. The van der Waals surface area contributed by atoms with E-state index in [1.54, 1.807) is 6.07 Å². The number of halogens is 3. The monoisotopic (exact) mass is 311 g/mol. The molecule has 1 fully saturated rings. The van der Waals surface area contributed by atoms with Crippen molar-refractivity contribution < 1.29 is 9.53 Å². The molecule has 1 saturated heterocycles. The number of benzene rings is 1. The van der Waals surface area contributed by atoms with Gasteiger partial charge in [0.25, 0.3) is 0 Å². The molecule has 2 rings (SSSR count). The second-order valence-electron chi connectivity index (χ2n) is 2.97. The fraction of sp³-hybridized carbons (Fsp3) is 0.222. The van der Waals surface area contributed by atoms with Crippen LogP contribution in [0.15, 0.2) is 22.7 Å². The summed E-state index contributed by atoms with van der Waals surface area (Å²) in [5.74, 6) is 0. The molecule has 82 valence electrons. The number of cyclic esters (lactones) is 1. The fourth-order valence-electron chi connectivity index (χ4n) is 1.29.